The zero-order valence-electron chi connectivity index (χ0n) is 16.0. The maximum absolute atomic E-state index is 11.9. The van der Waals surface area contributed by atoms with Gasteiger partial charge in [0.2, 0.25) is 0 Å². The normalized spacial score (nSPS) is 10.8. The SMILES string of the molecule is O=C(/C=C/c1ccc([N+](=O)[O-])cc1)Oc1ccc(/C=N/NC(=O)c2ccncc2)cc1. The molecule has 9 nitrogen and oxygen atoms in total. The lowest BCUT2D eigenvalue weighted by Gasteiger charge is -2.02. The minimum absolute atomic E-state index is 0.0275. The number of benzene rings is 2. The van der Waals surface area contributed by atoms with E-state index in [1.165, 1.54) is 55.0 Å². The van der Waals surface area contributed by atoms with Gasteiger partial charge in [0, 0.05) is 36.2 Å². The number of nitro groups is 1. The van der Waals surface area contributed by atoms with Crippen LogP contribution in [0.4, 0.5) is 5.69 Å². The fraction of sp³-hybridized carbons (Fsp3) is 0. The van der Waals surface area contributed by atoms with E-state index in [-0.39, 0.29) is 11.6 Å². The molecular formula is C22H16N4O5. The van der Waals surface area contributed by atoms with Crippen LogP contribution in [0.1, 0.15) is 21.5 Å². The minimum Gasteiger partial charge on any atom is -0.423 e. The summed E-state index contributed by atoms with van der Waals surface area (Å²) in [4.78, 5) is 37.8. The van der Waals surface area contributed by atoms with Gasteiger partial charge in [0.25, 0.3) is 11.6 Å². The molecule has 154 valence electrons. The average molecular weight is 416 g/mol. The summed E-state index contributed by atoms with van der Waals surface area (Å²) in [5.74, 6) is -0.621. The van der Waals surface area contributed by atoms with Crippen LogP contribution in [0.3, 0.4) is 0 Å². The number of nitro benzene ring substituents is 1. The van der Waals surface area contributed by atoms with Gasteiger partial charge >= 0.3 is 5.97 Å². The van der Waals surface area contributed by atoms with Crippen molar-refractivity contribution in [2.24, 2.45) is 5.10 Å². The van der Waals surface area contributed by atoms with Crippen LogP contribution < -0.4 is 10.2 Å². The zero-order valence-corrected chi connectivity index (χ0v) is 16.0. The van der Waals surface area contributed by atoms with E-state index in [0.29, 0.717) is 22.4 Å². The number of hydrogen-bond donors (Lipinski definition) is 1. The van der Waals surface area contributed by atoms with Crippen molar-refractivity contribution >= 4 is 29.9 Å². The Morgan fingerprint density at radius 3 is 2.26 bits per heavy atom. The molecule has 0 atom stereocenters. The van der Waals surface area contributed by atoms with E-state index in [9.17, 15) is 19.7 Å². The Labute approximate surface area is 176 Å². The predicted molar refractivity (Wildman–Crippen MR) is 114 cm³/mol. The number of ether oxygens (including phenoxy) is 1. The molecule has 1 heterocycles. The second kappa shape index (κ2) is 10.2. The summed E-state index contributed by atoms with van der Waals surface area (Å²) in [6, 6.07) is 15.4. The lowest BCUT2D eigenvalue weighted by atomic mass is 10.2. The fourth-order valence-electron chi connectivity index (χ4n) is 2.38. The van der Waals surface area contributed by atoms with E-state index < -0.39 is 10.9 Å². The van der Waals surface area contributed by atoms with Crippen molar-refractivity contribution < 1.29 is 19.2 Å². The first-order valence-corrected chi connectivity index (χ1v) is 8.99. The maximum Gasteiger partial charge on any atom is 0.336 e. The highest BCUT2D eigenvalue weighted by atomic mass is 16.6. The molecule has 0 aliphatic carbocycles. The third kappa shape index (κ3) is 6.43. The Bertz CT molecular complexity index is 1120. The Morgan fingerprint density at radius 2 is 1.61 bits per heavy atom. The fourth-order valence-corrected chi connectivity index (χ4v) is 2.38. The van der Waals surface area contributed by atoms with Crippen molar-refractivity contribution in [2.45, 2.75) is 0 Å². The van der Waals surface area contributed by atoms with E-state index in [4.69, 9.17) is 4.74 Å². The van der Waals surface area contributed by atoms with Crippen molar-refractivity contribution in [3.8, 4) is 5.75 Å². The van der Waals surface area contributed by atoms with Crippen molar-refractivity contribution in [1.82, 2.24) is 10.4 Å². The second-order valence-corrected chi connectivity index (χ2v) is 6.11. The van der Waals surface area contributed by atoms with Gasteiger partial charge in [-0.05, 0) is 65.7 Å². The van der Waals surface area contributed by atoms with Gasteiger partial charge in [0.1, 0.15) is 5.75 Å². The topological polar surface area (TPSA) is 124 Å². The molecular weight excluding hydrogens is 400 g/mol. The summed E-state index contributed by atoms with van der Waals surface area (Å²) in [6.45, 7) is 0. The van der Waals surface area contributed by atoms with E-state index in [1.54, 1.807) is 36.4 Å². The zero-order chi connectivity index (χ0) is 22.1. The Morgan fingerprint density at radius 1 is 0.968 bits per heavy atom. The van der Waals surface area contributed by atoms with Crippen molar-refractivity contribution in [3.05, 3.63) is 106 Å². The van der Waals surface area contributed by atoms with Gasteiger partial charge in [0.05, 0.1) is 11.1 Å². The molecule has 3 aromatic rings. The number of hydrogen-bond acceptors (Lipinski definition) is 7. The number of pyridine rings is 1. The molecule has 31 heavy (non-hydrogen) atoms. The summed E-state index contributed by atoms with van der Waals surface area (Å²) in [6.07, 6.45) is 7.21. The lowest BCUT2D eigenvalue weighted by Crippen LogP contribution is -2.17. The van der Waals surface area contributed by atoms with Gasteiger partial charge in [-0.2, -0.15) is 5.10 Å². The van der Waals surface area contributed by atoms with Crippen LogP contribution >= 0.6 is 0 Å². The maximum atomic E-state index is 11.9. The highest BCUT2D eigenvalue weighted by Gasteiger charge is 2.04. The molecule has 0 saturated carbocycles. The molecule has 0 aliphatic heterocycles. The predicted octanol–water partition coefficient (Wildman–Crippen LogP) is 3.37. The first kappa shape index (κ1) is 21.1. The molecule has 0 radical (unpaired) electrons. The molecule has 0 spiro atoms. The monoisotopic (exact) mass is 416 g/mol. The standard InChI is InChI=1S/C22H16N4O5/c27-21(10-5-16-1-6-19(7-2-16)26(29)30)31-20-8-3-17(4-9-20)15-24-25-22(28)18-11-13-23-14-12-18/h1-15H,(H,25,28)/b10-5+,24-15+. The van der Waals surface area contributed by atoms with E-state index in [2.05, 4.69) is 15.5 Å². The van der Waals surface area contributed by atoms with Gasteiger partial charge in [-0.3, -0.25) is 19.9 Å². The molecule has 1 amide bonds. The summed E-state index contributed by atoms with van der Waals surface area (Å²) < 4.78 is 5.20. The number of aromatic nitrogens is 1. The van der Waals surface area contributed by atoms with Gasteiger partial charge in [0.15, 0.2) is 0 Å². The molecule has 3 rings (SSSR count). The number of hydrazone groups is 1. The number of rotatable bonds is 7. The molecule has 0 aliphatic rings. The minimum atomic E-state index is -0.593. The largest absolute Gasteiger partial charge is 0.423 e. The molecule has 0 saturated heterocycles. The van der Waals surface area contributed by atoms with Crippen LogP contribution in [-0.2, 0) is 4.79 Å². The molecule has 0 unspecified atom stereocenters. The number of non-ortho nitro benzene ring substituents is 1. The van der Waals surface area contributed by atoms with Crippen LogP contribution in [0.5, 0.6) is 5.75 Å². The molecule has 1 aromatic heterocycles. The third-order valence-electron chi connectivity index (χ3n) is 3.94. The van der Waals surface area contributed by atoms with E-state index >= 15 is 0 Å². The molecule has 0 bridgehead atoms. The smallest absolute Gasteiger partial charge is 0.336 e. The number of carbonyl (C=O) groups excluding carboxylic acids is 2. The van der Waals surface area contributed by atoms with Crippen molar-refractivity contribution in [1.29, 1.82) is 0 Å². The van der Waals surface area contributed by atoms with E-state index in [1.807, 2.05) is 0 Å². The highest BCUT2D eigenvalue weighted by Crippen LogP contribution is 2.14. The Hall–Kier alpha value is -4.66. The second-order valence-electron chi connectivity index (χ2n) is 6.11. The first-order chi connectivity index (χ1) is 15.0. The van der Waals surface area contributed by atoms with Crippen LogP contribution in [-0.4, -0.2) is 28.0 Å². The lowest BCUT2D eigenvalue weighted by molar-refractivity contribution is -0.384. The van der Waals surface area contributed by atoms with Gasteiger partial charge in [-0.15, -0.1) is 0 Å². The van der Waals surface area contributed by atoms with Crippen LogP contribution in [0.2, 0.25) is 0 Å². The van der Waals surface area contributed by atoms with E-state index in [0.717, 1.165) is 0 Å². The molecule has 1 N–H and O–H groups in total. The molecule has 0 fully saturated rings. The van der Waals surface area contributed by atoms with Crippen LogP contribution in [0, 0.1) is 10.1 Å². The van der Waals surface area contributed by atoms with Crippen LogP contribution in [0.15, 0.2) is 84.2 Å². The van der Waals surface area contributed by atoms with Crippen molar-refractivity contribution in [3.63, 3.8) is 0 Å². The number of amides is 1. The highest BCUT2D eigenvalue weighted by molar-refractivity contribution is 5.94. The number of esters is 1. The summed E-state index contributed by atoms with van der Waals surface area (Å²) in [5.41, 5.74) is 4.14. The summed E-state index contributed by atoms with van der Waals surface area (Å²) in [5, 5.41) is 14.5. The number of nitrogens with zero attached hydrogens (tertiary/aromatic N) is 3. The Balaban J connectivity index is 1.51. The molecule has 9 heteroatoms. The summed E-state index contributed by atoms with van der Waals surface area (Å²) in [7, 11) is 0. The third-order valence-corrected chi connectivity index (χ3v) is 3.94. The van der Waals surface area contributed by atoms with Gasteiger partial charge in [-0.25, -0.2) is 10.2 Å². The summed E-state index contributed by atoms with van der Waals surface area (Å²) >= 11 is 0. The molecule has 2 aromatic carbocycles. The number of carbonyl (C=O) groups is 2. The van der Waals surface area contributed by atoms with Crippen molar-refractivity contribution in [2.75, 3.05) is 0 Å². The average Bonchev–Trinajstić information content (AvgIpc) is 2.79. The quantitative estimate of drug-likeness (QED) is 0.157. The van der Waals surface area contributed by atoms with Crippen LogP contribution in [0.25, 0.3) is 6.08 Å². The Kier molecular flexibility index (Phi) is 6.94. The van der Waals surface area contributed by atoms with Gasteiger partial charge < -0.3 is 4.74 Å². The number of nitrogens with one attached hydrogen (secondary N) is 1. The van der Waals surface area contributed by atoms with Gasteiger partial charge in [-0.1, -0.05) is 0 Å². The first-order valence-electron chi connectivity index (χ1n) is 8.99.